The largest absolute Gasteiger partial charge is 0.348 e. The van der Waals surface area contributed by atoms with Crippen molar-refractivity contribution >= 4 is 39.5 Å². The van der Waals surface area contributed by atoms with E-state index < -0.39 is 0 Å². The lowest BCUT2D eigenvalue weighted by Gasteiger charge is -2.34. The van der Waals surface area contributed by atoms with Crippen molar-refractivity contribution in [2.24, 2.45) is 11.3 Å². The van der Waals surface area contributed by atoms with Crippen LogP contribution in [0.5, 0.6) is 0 Å². The van der Waals surface area contributed by atoms with Crippen molar-refractivity contribution in [1.29, 1.82) is 0 Å². The lowest BCUT2D eigenvalue weighted by molar-refractivity contribution is 0.0953. The van der Waals surface area contributed by atoms with Crippen molar-refractivity contribution in [1.82, 2.24) is 5.32 Å². The monoisotopic (exact) mass is 528 g/mol. The van der Waals surface area contributed by atoms with Gasteiger partial charge in [-0.2, -0.15) is 0 Å². The number of hydrogen-bond acceptors (Lipinski definition) is 4. The summed E-state index contributed by atoms with van der Waals surface area (Å²) in [7, 11) is 0. The molecular weight excluding hydrogens is 496 g/mol. The van der Waals surface area contributed by atoms with E-state index in [-0.39, 0.29) is 17.2 Å². The Morgan fingerprint density at radius 3 is 2.32 bits per heavy atom. The molecule has 2 aromatic heterocycles. The normalized spacial score (nSPS) is 15.2. The van der Waals surface area contributed by atoms with Gasteiger partial charge in [0.2, 0.25) is 0 Å². The molecule has 1 atom stereocenters. The van der Waals surface area contributed by atoms with Crippen LogP contribution in [0.25, 0.3) is 11.1 Å². The van der Waals surface area contributed by atoms with Crippen LogP contribution in [0.2, 0.25) is 0 Å². The first kappa shape index (κ1) is 25.4. The second-order valence-corrected chi connectivity index (χ2v) is 12.5. The van der Waals surface area contributed by atoms with Crippen LogP contribution in [0, 0.1) is 11.3 Å². The van der Waals surface area contributed by atoms with E-state index in [1.807, 2.05) is 71.4 Å². The van der Waals surface area contributed by atoms with Crippen molar-refractivity contribution in [2.45, 2.75) is 46.6 Å². The van der Waals surface area contributed by atoms with Crippen LogP contribution in [0.4, 0.5) is 5.00 Å². The van der Waals surface area contributed by atoms with Gasteiger partial charge in [-0.1, -0.05) is 81.4 Å². The highest BCUT2D eigenvalue weighted by atomic mass is 32.1. The van der Waals surface area contributed by atoms with Gasteiger partial charge in [0.05, 0.1) is 11.1 Å². The predicted molar refractivity (Wildman–Crippen MR) is 155 cm³/mol. The second kappa shape index (κ2) is 10.6. The fourth-order valence-electron chi connectivity index (χ4n) is 4.98. The molecule has 0 saturated carbocycles. The molecule has 37 heavy (non-hydrogen) atoms. The number of fused-ring (bicyclic) bond motifs is 1. The Bertz CT molecular complexity index is 1400. The molecule has 4 nitrogen and oxygen atoms in total. The van der Waals surface area contributed by atoms with Crippen LogP contribution in [0.1, 0.15) is 63.9 Å². The van der Waals surface area contributed by atoms with Gasteiger partial charge in [-0.05, 0) is 47.3 Å². The summed E-state index contributed by atoms with van der Waals surface area (Å²) >= 11 is 3.09. The zero-order chi connectivity index (χ0) is 26.0. The van der Waals surface area contributed by atoms with E-state index in [2.05, 4.69) is 31.4 Å². The molecule has 0 aliphatic heterocycles. The number of carbonyl (C=O) groups excluding carboxylic acids is 2. The van der Waals surface area contributed by atoms with Gasteiger partial charge in [0.25, 0.3) is 11.8 Å². The number of benzene rings is 2. The minimum absolute atomic E-state index is 0.134. The van der Waals surface area contributed by atoms with Gasteiger partial charge in [-0.25, -0.2) is 0 Å². The van der Waals surface area contributed by atoms with Gasteiger partial charge in [-0.3, -0.25) is 9.59 Å². The maximum Gasteiger partial charge on any atom is 0.257 e. The van der Waals surface area contributed by atoms with E-state index in [0.29, 0.717) is 23.0 Å². The lowest BCUT2D eigenvalue weighted by Crippen LogP contribution is -2.27. The first-order chi connectivity index (χ1) is 17.8. The highest BCUT2D eigenvalue weighted by Crippen LogP contribution is 2.41. The average molecular weight is 529 g/mol. The number of anilines is 1. The van der Waals surface area contributed by atoms with Crippen LogP contribution >= 0.6 is 22.7 Å². The Labute approximate surface area is 226 Å². The molecule has 0 bridgehead atoms. The number of nitrogens with one attached hydrogen (secondary N) is 2. The molecule has 6 heteroatoms. The molecule has 2 aromatic carbocycles. The van der Waals surface area contributed by atoms with Crippen LogP contribution in [-0.2, 0) is 19.4 Å². The van der Waals surface area contributed by atoms with Crippen molar-refractivity contribution in [3.8, 4) is 11.1 Å². The summed E-state index contributed by atoms with van der Waals surface area (Å²) in [6, 6.07) is 19.7. The highest BCUT2D eigenvalue weighted by Gasteiger charge is 2.32. The molecule has 4 aromatic rings. The van der Waals surface area contributed by atoms with Gasteiger partial charge in [0, 0.05) is 27.7 Å². The Morgan fingerprint density at radius 1 is 0.919 bits per heavy atom. The van der Waals surface area contributed by atoms with E-state index in [0.717, 1.165) is 41.5 Å². The Morgan fingerprint density at radius 2 is 1.62 bits per heavy atom. The fraction of sp³-hybridized carbons (Fsp3) is 0.290. The van der Waals surface area contributed by atoms with Crippen molar-refractivity contribution < 1.29 is 9.59 Å². The van der Waals surface area contributed by atoms with E-state index in [1.165, 1.54) is 21.8 Å². The Kier molecular flexibility index (Phi) is 7.31. The Hall–Kier alpha value is -3.22. The maximum atomic E-state index is 13.5. The minimum Gasteiger partial charge on any atom is -0.348 e. The van der Waals surface area contributed by atoms with E-state index in [9.17, 15) is 9.59 Å². The molecule has 190 valence electrons. The third kappa shape index (κ3) is 5.55. The minimum atomic E-state index is -0.195. The zero-order valence-electron chi connectivity index (χ0n) is 21.5. The van der Waals surface area contributed by atoms with E-state index in [1.54, 1.807) is 11.3 Å². The standard InChI is InChI=1S/C31H32N2O2S2/c1-31(2,3)22-14-15-23-25(19-36-26(23)16-22)28(34)33-30-27(24(18-37-30)21-12-8-5-9-13-21)29(35)32-17-20-10-6-4-7-11-20/h4-13,18-19,22H,14-17H2,1-3H3,(H,32,35)(H,33,34). The average Bonchev–Trinajstić information content (AvgIpc) is 3.52. The summed E-state index contributed by atoms with van der Waals surface area (Å²) in [5, 5.41) is 10.7. The summed E-state index contributed by atoms with van der Waals surface area (Å²) in [6.07, 6.45) is 3.05. The lowest BCUT2D eigenvalue weighted by atomic mass is 9.72. The molecule has 1 aliphatic carbocycles. The number of carbonyl (C=O) groups is 2. The van der Waals surface area contributed by atoms with Gasteiger partial charge in [0.15, 0.2) is 0 Å². The van der Waals surface area contributed by atoms with Crippen LogP contribution < -0.4 is 10.6 Å². The van der Waals surface area contributed by atoms with Crippen LogP contribution in [0.15, 0.2) is 71.4 Å². The third-order valence-electron chi connectivity index (χ3n) is 7.25. The molecule has 2 amide bonds. The summed E-state index contributed by atoms with van der Waals surface area (Å²) in [5.41, 5.74) is 5.50. The summed E-state index contributed by atoms with van der Waals surface area (Å²) in [6.45, 7) is 7.32. The van der Waals surface area contributed by atoms with E-state index >= 15 is 0 Å². The third-order valence-corrected chi connectivity index (χ3v) is 9.20. The van der Waals surface area contributed by atoms with Gasteiger partial charge in [-0.15, -0.1) is 22.7 Å². The van der Waals surface area contributed by atoms with Gasteiger partial charge in [0.1, 0.15) is 5.00 Å². The summed E-state index contributed by atoms with van der Waals surface area (Å²) in [5.74, 6) is 0.296. The molecule has 5 rings (SSSR count). The molecular formula is C31H32N2O2S2. The van der Waals surface area contributed by atoms with E-state index in [4.69, 9.17) is 0 Å². The van der Waals surface area contributed by atoms with Crippen molar-refractivity contribution in [2.75, 3.05) is 5.32 Å². The molecule has 2 N–H and O–H groups in total. The second-order valence-electron chi connectivity index (χ2n) is 10.7. The molecule has 0 fully saturated rings. The molecule has 1 aliphatic rings. The predicted octanol–water partition coefficient (Wildman–Crippen LogP) is 7.81. The van der Waals surface area contributed by atoms with Crippen molar-refractivity contribution in [3.05, 3.63) is 98.6 Å². The Balaban J connectivity index is 1.41. The first-order valence-electron chi connectivity index (χ1n) is 12.7. The van der Waals surface area contributed by atoms with Gasteiger partial charge < -0.3 is 10.6 Å². The number of amides is 2. The van der Waals surface area contributed by atoms with Gasteiger partial charge >= 0.3 is 0 Å². The molecule has 1 unspecified atom stereocenters. The quantitative estimate of drug-likeness (QED) is 0.268. The topological polar surface area (TPSA) is 58.2 Å². The summed E-state index contributed by atoms with van der Waals surface area (Å²) < 4.78 is 0. The fourth-order valence-corrected chi connectivity index (χ4v) is 7.11. The molecule has 0 saturated heterocycles. The number of hydrogen-bond donors (Lipinski definition) is 2. The number of rotatable bonds is 6. The van der Waals surface area contributed by atoms with Crippen LogP contribution in [0.3, 0.4) is 0 Å². The molecule has 2 heterocycles. The first-order valence-corrected chi connectivity index (χ1v) is 14.5. The number of thiophene rings is 2. The summed E-state index contributed by atoms with van der Waals surface area (Å²) in [4.78, 5) is 28.3. The SMILES string of the molecule is CC(C)(C)C1CCc2c(C(=O)Nc3scc(-c4ccccc4)c3C(=O)NCc3ccccc3)csc2C1. The smallest absolute Gasteiger partial charge is 0.257 e. The van der Waals surface area contributed by atoms with Crippen LogP contribution in [-0.4, -0.2) is 11.8 Å². The highest BCUT2D eigenvalue weighted by molar-refractivity contribution is 7.15. The molecule has 0 radical (unpaired) electrons. The zero-order valence-corrected chi connectivity index (χ0v) is 23.1. The maximum absolute atomic E-state index is 13.5. The van der Waals surface area contributed by atoms with Crippen molar-refractivity contribution in [3.63, 3.8) is 0 Å². The molecule has 0 spiro atoms.